The van der Waals surface area contributed by atoms with Crippen LogP contribution in [-0.4, -0.2) is 29.7 Å². The number of nitrogens with zero attached hydrogens (tertiary/aromatic N) is 2. The number of anilines is 2. The number of aromatic hydroxyl groups is 1. The van der Waals surface area contributed by atoms with E-state index in [4.69, 9.17) is 4.74 Å². The molecule has 0 aliphatic heterocycles. The second-order valence-electron chi connectivity index (χ2n) is 5.73. The third-order valence-electron chi connectivity index (χ3n) is 4.16. The first-order chi connectivity index (χ1) is 12.6. The highest BCUT2D eigenvalue weighted by Crippen LogP contribution is 2.33. The molecular formula is C21H20N2O3. The molecule has 0 radical (unpaired) electrons. The summed E-state index contributed by atoms with van der Waals surface area (Å²) in [7, 11) is 1.36. The van der Waals surface area contributed by atoms with Gasteiger partial charge in [-0.3, -0.25) is 4.98 Å². The summed E-state index contributed by atoms with van der Waals surface area (Å²) in [4.78, 5) is 17.9. The lowest BCUT2D eigenvalue weighted by molar-refractivity contribution is 0.0601. The SMILES string of the molecule is CCN(c1cncc(-c2ccc(C(=O)OC)cc2)c1)c1ccccc1O. The van der Waals surface area contributed by atoms with Crippen LogP contribution in [0.15, 0.2) is 67.0 Å². The molecule has 2 aromatic carbocycles. The maximum atomic E-state index is 11.6. The highest BCUT2D eigenvalue weighted by atomic mass is 16.5. The van der Waals surface area contributed by atoms with Gasteiger partial charge in [-0.15, -0.1) is 0 Å². The number of rotatable bonds is 5. The number of carbonyl (C=O) groups is 1. The molecule has 0 saturated heterocycles. The van der Waals surface area contributed by atoms with E-state index < -0.39 is 0 Å². The summed E-state index contributed by atoms with van der Waals surface area (Å²) in [5.41, 5.74) is 3.98. The van der Waals surface area contributed by atoms with Gasteiger partial charge in [-0.2, -0.15) is 0 Å². The number of hydrogen-bond acceptors (Lipinski definition) is 5. The summed E-state index contributed by atoms with van der Waals surface area (Å²) in [6.45, 7) is 2.70. The normalized spacial score (nSPS) is 10.4. The van der Waals surface area contributed by atoms with E-state index in [1.54, 1.807) is 36.7 Å². The summed E-state index contributed by atoms with van der Waals surface area (Å²) in [5.74, 6) is -0.137. The molecule has 132 valence electrons. The van der Waals surface area contributed by atoms with E-state index in [1.807, 2.05) is 42.2 Å². The van der Waals surface area contributed by atoms with Gasteiger partial charge in [0.15, 0.2) is 0 Å². The molecule has 1 N–H and O–H groups in total. The fourth-order valence-electron chi connectivity index (χ4n) is 2.83. The number of benzene rings is 2. The quantitative estimate of drug-likeness (QED) is 0.693. The van der Waals surface area contributed by atoms with Gasteiger partial charge in [-0.25, -0.2) is 4.79 Å². The van der Waals surface area contributed by atoms with E-state index in [1.165, 1.54) is 7.11 Å². The number of ether oxygens (including phenoxy) is 1. The van der Waals surface area contributed by atoms with Crippen LogP contribution >= 0.6 is 0 Å². The second-order valence-corrected chi connectivity index (χ2v) is 5.73. The molecule has 1 aromatic heterocycles. The second kappa shape index (κ2) is 7.70. The van der Waals surface area contributed by atoms with Gasteiger partial charge in [-0.1, -0.05) is 24.3 Å². The van der Waals surface area contributed by atoms with Gasteiger partial charge >= 0.3 is 5.97 Å². The highest BCUT2D eigenvalue weighted by Gasteiger charge is 2.13. The Morgan fingerprint density at radius 3 is 2.46 bits per heavy atom. The number of phenolic OH excluding ortho intramolecular Hbond substituents is 1. The number of para-hydroxylation sites is 2. The zero-order chi connectivity index (χ0) is 18.5. The molecule has 3 aromatic rings. The topological polar surface area (TPSA) is 62.7 Å². The summed E-state index contributed by atoms with van der Waals surface area (Å²) in [6, 6.07) is 16.4. The molecule has 0 aliphatic carbocycles. The lowest BCUT2D eigenvalue weighted by Crippen LogP contribution is -2.16. The van der Waals surface area contributed by atoms with E-state index in [0.29, 0.717) is 12.1 Å². The molecular weight excluding hydrogens is 328 g/mol. The minimum atomic E-state index is -0.361. The van der Waals surface area contributed by atoms with Gasteiger partial charge in [0.2, 0.25) is 0 Å². The summed E-state index contributed by atoms with van der Waals surface area (Å²) in [6.07, 6.45) is 3.54. The van der Waals surface area contributed by atoms with Crippen LogP contribution in [0.2, 0.25) is 0 Å². The van der Waals surface area contributed by atoms with Crippen LogP contribution in [0.5, 0.6) is 5.75 Å². The first-order valence-electron chi connectivity index (χ1n) is 8.33. The number of hydrogen-bond donors (Lipinski definition) is 1. The van der Waals surface area contributed by atoms with Crippen LogP contribution in [0, 0.1) is 0 Å². The van der Waals surface area contributed by atoms with Crippen LogP contribution in [0.25, 0.3) is 11.1 Å². The average Bonchev–Trinajstić information content (AvgIpc) is 2.70. The minimum Gasteiger partial charge on any atom is -0.506 e. The van der Waals surface area contributed by atoms with Crippen LogP contribution in [-0.2, 0) is 4.74 Å². The smallest absolute Gasteiger partial charge is 0.337 e. The van der Waals surface area contributed by atoms with E-state index in [2.05, 4.69) is 4.98 Å². The number of phenols is 1. The van der Waals surface area contributed by atoms with Crippen molar-refractivity contribution in [3.63, 3.8) is 0 Å². The Kier molecular flexibility index (Phi) is 5.17. The molecule has 0 saturated carbocycles. The number of pyridine rings is 1. The molecule has 5 nitrogen and oxygen atoms in total. The van der Waals surface area contributed by atoms with E-state index in [0.717, 1.165) is 22.5 Å². The number of esters is 1. The lowest BCUT2D eigenvalue weighted by Gasteiger charge is -2.24. The standard InChI is InChI=1S/C21H20N2O3/c1-3-23(19-6-4-5-7-20(19)24)18-12-17(13-22-14-18)15-8-10-16(11-9-15)21(25)26-2/h4-14,24H,3H2,1-2H3. The van der Waals surface area contributed by atoms with E-state index >= 15 is 0 Å². The first kappa shape index (κ1) is 17.5. The van der Waals surface area contributed by atoms with Crippen molar-refractivity contribution in [2.24, 2.45) is 0 Å². The van der Waals surface area contributed by atoms with Crippen LogP contribution < -0.4 is 4.90 Å². The number of aromatic nitrogens is 1. The van der Waals surface area contributed by atoms with Crippen LogP contribution in [0.4, 0.5) is 11.4 Å². The average molecular weight is 348 g/mol. The van der Waals surface area contributed by atoms with Crippen molar-refractivity contribution >= 4 is 17.3 Å². The molecule has 0 amide bonds. The van der Waals surface area contributed by atoms with Crippen molar-refractivity contribution in [3.05, 3.63) is 72.6 Å². The predicted molar refractivity (Wildman–Crippen MR) is 102 cm³/mol. The maximum absolute atomic E-state index is 11.6. The van der Waals surface area contributed by atoms with Gasteiger partial charge in [0.05, 0.1) is 30.2 Å². The molecule has 0 atom stereocenters. The molecule has 3 rings (SSSR count). The molecule has 1 heterocycles. The first-order valence-corrected chi connectivity index (χ1v) is 8.33. The van der Waals surface area contributed by atoms with Crippen molar-refractivity contribution < 1.29 is 14.6 Å². The van der Waals surface area contributed by atoms with E-state index in [-0.39, 0.29) is 11.7 Å². The Morgan fingerprint density at radius 1 is 1.08 bits per heavy atom. The fourth-order valence-corrected chi connectivity index (χ4v) is 2.83. The van der Waals surface area contributed by atoms with Crippen LogP contribution in [0.1, 0.15) is 17.3 Å². The summed E-state index contributed by atoms with van der Waals surface area (Å²) in [5, 5.41) is 10.2. The monoisotopic (exact) mass is 348 g/mol. The Hall–Kier alpha value is -3.34. The summed E-state index contributed by atoms with van der Waals surface area (Å²) >= 11 is 0. The predicted octanol–water partition coefficient (Wildman–Crippen LogP) is 4.40. The number of carbonyl (C=O) groups excluding carboxylic acids is 1. The molecule has 0 fully saturated rings. The van der Waals surface area contributed by atoms with Gasteiger partial charge in [0, 0.05) is 18.3 Å². The third-order valence-corrected chi connectivity index (χ3v) is 4.16. The van der Waals surface area contributed by atoms with Gasteiger partial charge in [0.1, 0.15) is 5.75 Å². The van der Waals surface area contributed by atoms with E-state index in [9.17, 15) is 9.90 Å². The Morgan fingerprint density at radius 2 is 1.81 bits per heavy atom. The Labute approximate surface area is 152 Å². The Balaban J connectivity index is 1.95. The fraction of sp³-hybridized carbons (Fsp3) is 0.143. The van der Waals surface area contributed by atoms with Crippen molar-refractivity contribution in [3.8, 4) is 16.9 Å². The molecule has 5 heteroatoms. The third kappa shape index (κ3) is 3.52. The van der Waals surface area contributed by atoms with Gasteiger partial charge in [0.25, 0.3) is 0 Å². The van der Waals surface area contributed by atoms with Crippen molar-refractivity contribution in [2.75, 3.05) is 18.6 Å². The molecule has 0 aliphatic rings. The van der Waals surface area contributed by atoms with Gasteiger partial charge < -0.3 is 14.7 Å². The zero-order valence-corrected chi connectivity index (χ0v) is 14.7. The lowest BCUT2D eigenvalue weighted by atomic mass is 10.0. The Bertz CT molecular complexity index is 907. The number of methoxy groups -OCH3 is 1. The molecule has 0 bridgehead atoms. The summed E-state index contributed by atoms with van der Waals surface area (Å²) < 4.78 is 4.73. The minimum absolute atomic E-state index is 0.224. The highest BCUT2D eigenvalue weighted by molar-refractivity contribution is 5.90. The molecule has 0 unspecified atom stereocenters. The van der Waals surface area contributed by atoms with Gasteiger partial charge in [-0.05, 0) is 42.8 Å². The zero-order valence-electron chi connectivity index (χ0n) is 14.7. The van der Waals surface area contributed by atoms with Crippen LogP contribution in [0.3, 0.4) is 0 Å². The van der Waals surface area contributed by atoms with Crippen molar-refractivity contribution in [2.45, 2.75) is 6.92 Å². The largest absolute Gasteiger partial charge is 0.506 e. The maximum Gasteiger partial charge on any atom is 0.337 e. The molecule has 0 spiro atoms. The van der Waals surface area contributed by atoms with Crippen molar-refractivity contribution in [1.29, 1.82) is 0 Å². The van der Waals surface area contributed by atoms with Crippen molar-refractivity contribution in [1.82, 2.24) is 4.98 Å². The molecule has 26 heavy (non-hydrogen) atoms.